The molecule has 1 aromatic heterocycles. The number of ether oxygens (including phenoxy) is 1. The molecule has 5 heteroatoms. The summed E-state index contributed by atoms with van der Waals surface area (Å²) < 4.78 is 5.56. The Morgan fingerprint density at radius 2 is 2.05 bits per heavy atom. The fourth-order valence-electron chi connectivity index (χ4n) is 1.76. The summed E-state index contributed by atoms with van der Waals surface area (Å²) in [6.07, 6.45) is 1.99. The van der Waals surface area contributed by atoms with E-state index in [-0.39, 0.29) is 18.6 Å². The van der Waals surface area contributed by atoms with Gasteiger partial charge in [-0.1, -0.05) is 18.2 Å². The maximum absolute atomic E-state index is 11.9. The van der Waals surface area contributed by atoms with Crippen LogP contribution < -0.4 is 10.1 Å². The van der Waals surface area contributed by atoms with Crippen molar-refractivity contribution in [2.24, 2.45) is 0 Å². The van der Waals surface area contributed by atoms with E-state index in [0.29, 0.717) is 23.6 Å². The molecule has 0 aliphatic heterocycles. The lowest BCUT2D eigenvalue weighted by atomic mass is 10.2. The number of nitrogens with zero attached hydrogens (tertiary/aromatic N) is 1. The van der Waals surface area contributed by atoms with Crippen LogP contribution in [0.2, 0.25) is 0 Å². The molecule has 110 valence electrons. The van der Waals surface area contributed by atoms with Crippen molar-refractivity contribution in [1.82, 2.24) is 10.3 Å². The first-order valence-electron chi connectivity index (χ1n) is 6.79. The third-order valence-corrected chi connectivity index (χ3v) is 2.90. The fourth-order valence-corrected chi connectivity index (χ4v) is 1.76. The Morgan fingerprint density at radius 1 is 1.29 bits per heavy atom. The molecule has 0 fully saturated rings. The minimum atomic E-state index is -0.213. The van der Waals surface area contributed by atoms with E-state index in [1.165, 1.54) is 6.20 Å². The lowest BCUT2D eigenvalue weighted by molar-refractivity contribution is 0.0934. The van der Waals surface area contributed by atoms with Crippen LogP contribution in [0.4, 0.5) is 0 Å². The Bertz CT molecular complexity index is 570. The van der Waals surface area contributed by atoms with Crippen LogP contribution in [0.25, 0.3) is 0 Å². The number of carbonyl (C=O) groups excluding carboxylic acids is 1. The van der Waals surface area contributed by atoms with Crippen molar-refractivity contribution in [1.29, 1.82) is 0 Å². The van der Waals surface area contributed by atoms with Crippen LogP contribution in [0.5, 0.6) is 11.6 Å². The molecule has 21 heavy (non-hydrogen) atoms. The monoisotopic (exact) mass is 286 g/mol. The zero-order valence-corrected chi connectivity index (χ0v) is 11.8. The van der Waals surface area contributed by atoms with E-state index in [0.717, 1.165) is 0 Å². The van der Waals surface area contributed by atoms with Crippen LogP contribution in [-0.4, -0.2) is 28.6 Å². The quantitative estimate of drug-likeness (QED) is 0.855. The van der Waals surface area contributed by atoms with Crippen LogP contribution in [0.1, 0.15) is 23.7 Å². The molecule has 0 aliphatic carbocycles. The van der Waals surface area contributed by atoms with E-state index in [4.69, 9.17) is 9.84 Å². The van der Waals surface area contributed by atoms with Crippen molar-refractivity contribution in [3.8, 4) is 11.6 Å². The van der Waals surface area contributed by atoms with Gasteiger partial charge in [0, 0.05) is 24.9 Å². The topological polar surface area (TPSA) is 71.5 Å². The van der Waals surface area contributed by atoms with Gasteiger partial charge in [-0.15, -0.1) is 0 Å². The highest BCUT2D eigenvalue weighted by Crippen LogP contribution is 2.18. The molecule has 1 unspecified atom stereocenters. The molecule has 0 bridgehead atoms. The molecule has 5 nitrogen and oxygen atoms in total. The van der Waals surface area contributed by atoms with Gasteiger partial charge in [0.25, 0.3) is 5.91 Å². The highest BCUT2D eigenvalue weighted by atomic mass is 16.5. The number of aromatic nitrogens is 1. The van der Waals surface area contributed by atoms with Gasteiger partial charge in [0.1, 0.15) is 5.75 Å². The van der Waals surface area contributed by atoms with E-state index >= 15 is 0 Å². The number of hydrogen-bond donors (Lipinski definition) is 2. The Kier molecular flexibility index (Phi) is 5.29. The molecule has 0 aliphatic rings. The summed E-state index contributed by atoms with van der Waals surface area (Å²) in [5, 5.41) is 11.6. The molecule has 0 radical (unpaired) electrons. The standard InChI is InChI=1S/C16H18N2O3/c1-12(9-10-19)18-16(20)13-7-8-15(17-11-13)21-14-5-3-2-4-6-14/h2-8,11-12,19H,9-10H2,1H3,(H,18,20). The Hall–Kier alpha value is -2.40. The van der Waals surface area contributed by atoms with E-state index < -0.39 is 0 Å². The van der Waals surface area contributed by atoms with Gasteiger partial charge in [0.2, 0.25) is 5.88 Å². The van der Waals surface area contributed by atoms with Gasteiger partial charge in [-0.3, -0.25) is 4.79 Å². The second kappa shape index (κ2) is 7.40. The molecule has 1 heterocycles. The van der Waals surface area contributed by atoms with Crippen molar-refractivity contribution in [3.05, 3.63) is 54.2 Å². The predicted octanol–water partition coefficient (Wildman–Crippen LogP) is 2.37. The highest BCUT2D eigenvalue weighted by molar-refractivity contribution is 5.94. The molecular formula is C16H18N2O3. The molecule has 1 atom stereocenters. The average molecular weight is 286 g/mol. The molecule has 2 N–H and O–H groups in total. The number of hydrogen-bond acceptors (Lipinski definition) is 4. The number of benzene rings is 1. The zero-order valence-electron chi connectivity index (χ0n) is 11.8. The van der Waals surface area contributed by atoms with Crippen LogP contribution >= 0.6 is 0 Å². The largest absolute Gasteiger partial charge is 0.439 e. The third kappa shape index (κ3) is 4.57. The minimum Gasteiger partial charge on any atom is -0.439 e. The summed E-state index contributed by atoms with van der Waals surface area (Å²) in [7, 11) is 0. The van der Waals surface area contributed by atoms with E-state index in [1.54, 1.807) is 12.1 Å². The van der Waals surface area contributed by atoms with Crippen molar-refractivity contribution in [2.45, 2.75) is 19.4 Å². The van der Waals surface area contributed by atoms with Gasteiger partial charge in [-0.2, -0.15) is 0 Å². The summed E-state index contributed by atoms with van der Waals surface area (Å²) in [4.78, 5) is 16.0. The molecule has 0 saturated heterocycles. The molecule has 0 saturated carbocycles. The van der Waals surface area contributed by atoms with E-state index in [2.05, 4.69) is 10.3 Å². The third-order valence-electron chi connectivity index (χ3n) is 2.90. The number of nitrogens with one attached hydrogen (secondary N) is 1. The predicted molar refractivity (Wildman–Crippen MR) is 79.4 cm³/mol. The smallest absolute Gasteiger partial charge is 0.253 e. The zero-order chi connectivity index (χ0) is 15.1. The number of carbonyl (C=O) groups is 1. The first-order valence-corrected chi connectivity index (χ1v) is 6.79. The van der Waals surface area contributed by atoms with Gasteiger partial charge >= 0.3 is 0 Å². The minimum absolute atomic E-state index is 0.0452. The molecule has 2 aromatic rings. The summed E-state index contributed by atoms with van der Waals surface area (Å²) in [5.41, 5.74) is 0.459. The Labute approximate surface area is 123 Å². The summed E-state index contributed by atoms with van der Waals surface area (Å²) in [5.74, 6) is 0.912. The number of pyridine rings is 1. The average Bonchev–Trinajstić information content (AvgIpc) is 2.49. The highest BCUT2D eigenvalue weighted by Gasteiger charge is 2.10. The number of para-hydroxylation sites is 1. The van der Waals surface area contributed by atoms with Gasteiger partial charge in [0.05, 0.1) is 5.56 Å². The fraction of sp³-hybridized carbons (Fsp3) is 0.250. The van der Waals surface area contributed by atoms with E-state index in [1.807, 2.05) is 37.3 Å². The second-order valence-electron chi connectivity index (χ2n) is 4.69. The number of rotatable bonds is 6. The first-order chi connectivity index (χ1) is 10.2. The summed E-state index contributed by atoms with van der Waals surface area (Å²) >= 11 is 0. The van der Waals surface area contributed by atoms with Crippen molar-refractivity contribution in [2.75, 3.05) is 6.61 Å². The van der Waals surface area contributed by atoms with Gasteiger partial charge in [-0.25, -0.2) is 4.98 Å². The maximum atomic E-state index is 11.9. The number of amides is 1. The van der Waals surface area contributed by atoms with Gasteiger partial charge in [-0.05, 0) is 31.5 Å². The van der Waals surface area contributed by atoms with Crippen LogP contribution in [0.3, 0.4) is 0 Å². The van der Waals surface area contributed by atoms with E-state index in [9.17, 15) is 4.79 Å². The van der Waals surface area contributed by atoms with Gasteiger partial charge < -0.3 is 15.2 Å². The normalized spacial score (nSPS) is 11.7. The first kappa shape index (κ1) is 15.0. The maximum Gasteiger partial charge on any atom is 0.253 e. The van der Waals surface area contributed by atoms with Gasteiger partial charge in [0.15, 0.2) is 0 Å². The van der Waals surface area contributed by atoms with Crippen LogP contribution in [0, 0.1) is 0 Å². The second-order valence-corrected chi connectivity index (χ2v) is 4.69. The molecular weight excluding hydrogens is 268 g/mol. The molecule has 1 amide bonds. The molecule has 0 spiro atoms. The Morgan fingerprint density at radius 3 is 2.67 bits per heavy atom. The van der Waals surface area contributed by atoms with Crippen LogP contribution in [-0.2, 0) is 0 Å². The Balaban J connectivity index is 1.97. The number of aliphatic hydroxyl groups is 1. The van der Waals surface area contributed by atoms with Crippen LogP contribution in [0.15, 0.2) is 48.7 Å². The lowest BCUT2D eigenvalue weighted by Crippen LogP contribution is -2.33. The molecule has 1 aromatic carbocycles. The SMILES string of the molecule is CC(CCO)NC(=O)c1ccc(Oc2ccccc2)nc1. The van der Waals surface area contributed by atoms with Crippen molar-refractivity contribution < 1.29 is 14.6 Å². The number of aliphatic hydroxyl groups excluding tert-OH is 1. The van der Waals surface area contributed by atoms with Crippen molar-refractivity contribution >= 4 is 5.91 Å². The summed E-state index contributed by atoms with van der Waals surface area (Å²) in [6, 6.07) is 12.5. The molecule has 2 rings (SSSR count). The van der Waals surface area contributed by atoms with Crippen molar-refractivity contribution in [3.63, 3.8) is 0 Å². The summed E-state index contributed by atoms with van der Waals surface area (Å²) in [6.45, 7) is 1.89. The lowest BCUT2D eigenvalue weighted by Gasteiger charge is -2.12.